The molecular weight excluding hydrogens is 394 g/mol. The fourth-order valence-electron chi connectivity index (χ4n) is 2.77. The number of hydrogen-bond donors (Lipinski definition) is 3. The van der Waals surface area contributed by atoms with Crippen LogP contribution >= 0.6 is 0 Å². The van der Waals surface area contributed by atoms with Gasteiger partial charge in [0.2, 0.25) is 0 Å². The van der Waals surface area contributed by atoms with Crippen LogP contribution in [0.2, 0.25) is 0 Å². The Bertz CT molecular complexity index is 1130. The lowest BCUT2D eigenvalue weighted by Gasteiger charge is -2.17. The summed E-state index contributed by atoms with van der Waals surface area (Å²) in [5.41, 5.74) is 1.22. The Labute approximate surface area is 169 Å². The molecule has 0 amide bonds. The van der Waals surface area contributed by atoms with Gasteiger partial charge in [-0.05, 0) is 36.1 Å². The maximum Gasteiger partial charge on any atom is 0.367 e. The lowest BCUT2D eigenvalue weighted by Crippen LogP contribution is -2.36. The van der Waals surface area contributed by atoms with E-state index in [2.05, 4.69) is 19.4 Å². The Morgan fingerprint density at radius 1 is 1.28 bits per heavy atom. The highest BCUT2D eigenvalue weighted by atomic mass is 32.2. The second-order valence-corrected chi connectivity index (χ2v) is 8.07. The van der Waals surface area contributed by atoms with Crippen molar-refractivity contribution in [1.82, 2.24) is 5.32 Å². The largest absolute Gasteiger partial charge is 0.504 e. The lowest BCUT2D eigenvalue weighted by atomic mass is 10.1. The minimum atomic E-state index is -4.06. The highest BCUT2D eigenvalue weighted by Gasteiger charge is 2.28. The summed E-state index contributed by atoms with van der Waals surface area (Å²) < 4.78 is 36.8. The Hall–Kier alpha value is -3.32. The molecule has 0 spiro atoms. The van der Waals surface area contributed by atoms with Gasteiger partial charge in [0.05, 0.1) is 23.6 Å². The summed E-state index contributed by atoms with van der Waals surface area (Å²) in [6.45, 7) is 6.02. The molecular formula is C19H21N5O4S. The van der Waals surface area contributed by atoms with E-state index in [-0.39, 0.29) is 34.7 Å². The van der Waals surface area contributed by atoms with Crippen LogP contribution in [0.4, 0.5) is 5.69 Å². The van der Waals surface area contributed by atoms with Gasteiger partial charge in [0.25, 0.3) is 0 Å². The van der Waals surface area contributed by atoms with E-state index in [1.807, 2.05) is 32.9 Å². The molecule has 1 aromatic heterocycles. The Morgan fingerprint density at radius 2 is 2.00 bits per heavy atom. The summed E-state index contributed by atoms with van der Waals surface area (Å²) in [4.78, 5) is 0. The quantitative estimate of drug-likeness (QED) is 0.637. The maximum atomic E-state index is 12.0. The second-order valence-electron chi connectivity index (χ2n) is 6.81. The zero-order chi connectivity index (χ0) is 21.2. The molecule has 1 aromatic carbocycles. The Morgan fingerprint density at radius 3 is 2.62 bits per heavy atom. The van der Waals surface area contributed by atoms with Crippen LogP contribution in [0.25, 0.3) is 0 Å². The summed E-state index contributed by atoms with van der Waals surface area (Å²) in [5.74, 6) is 0.562. The van der Waals surface area contributed by atoms with E-state index in [0.717, 1.165) is 5.56 Å². The highest BCUT2D eigenvalue weighted by molar-refractivity contribution is 7.89. The molecule has 0 saturated heterocycles. The molecule has 1 aliphatic rings. The normalized spacial score (nSPS) is 16.1. The van der Waals surface area contributed by atoms with Gasteiger partial charge in [0, 0.05) is 0 Å². The number of aromatic hydroxyl groups is 1. The first-order valence-corrected chi connectivity index (χ1v) is 10.4. The number of nitriles is 1. The molecule has 1 aliphatic heterocycles. The SMILES string of the molecule is CC[C@@H](NC1=NS(=O)(=O)N=C1Nc1cccc(C#N)c1O)c1cc(C(C)C)co1. The first kappa shape index (κ1) is 20.4. The van der Waals surface area contributed by atoms with Gasteiger partial charge in [-0.25, -0.2) is 0 Å². The number of nitrogens with zero attached hydrogens (tertiary/aromatic N) is 3. The van der Waals surface area contributed by atoms with Crippen molar-refractivity contribution < 1.29 is 17.9 Å². The molecule has 9 nitrogen and oxygen atoms in total. The molecule has 10 heteroatoms. The first-order chi connectivity index (χ1) is 13.7. The fraction of sp³-hybridized carbons (Fsp3) is 0.316. The monoisotopic (exact) mass is 415 g/mol. The van der Waals surface area contributed by atoms with Gasteiger partial charge in [-0.1, -0.05) is 26.8 Å². The number of phenols is 1. The van der Waals surface area contributed by atoms with Crippen LogP contribution in [-0.4, -0.2) is 25.2 Å². The van der Waals surface area contributed by atoms with Gasteiger partial charge in [0.15, 0.2) is 17.4 Å². The van der Waals surface area contributed by atoms with E-state index >= 15 is 0 Å². The summed E-state index contributed by atoms with van der Waals surface area (Å²) in [6, 6.07) is 7.94. The third-order valence-electron chi connectivity index (χ3n) is 4.42. The van der Waals surface area contributed by atoms with Crippen LogP contribution in [0.1, 0.15) is 56.0 Å². The topological polar surface area (TPSA) is 140 Å². The molecule has 2 heterocycles. The number of benzene rings is 1. The molecule has 2 aromatic rings. The van der Waals surface area contributed by atoms with Crippen molar-refractivity contribution in [3.05, 3.63) is 47.4 Å². The van der Waals surface area contributed by atoms with E-state index in [9.17, 15) is 13.5 Å². The van der Waals surface area contributed by atoms with Crippen LogP contribution in [0.15, 0.2) is 43.7 Å². The predicted molar refractivity (Wildman–Crippen MR) is 109 cm³/mol. The summed E-state index contributed by atoms with van der Waals surface area (Å²) in [7, 11) is -4.06. The minimum absolute atomic E-state index is 0.00103. The summed E-state index contributed by atoms with van der Waals surface area (Å²) in [5, 5.41) is 25.0. The predicted octanol–water partition coefficient (Wildman–Crippen LogP) is 3.19. The van der Waals surface area contributed by atoms with E-state index < -0.39 is 10.2 Å². The van der Waals surface area contributed by atoms with Crippen molar-refractivity contribution in [2.45, 2.75) is 39.2 Å². The van der Waals surface area contributed by atoms with Crippen LogP contribution in [0.5, 0.6) is 5.75 Å². The Balaban J connectivity index is 1.87. The van der Waals surface area contributed by atoms with Crippen molar-refractivity contribution in [2.24, 2.45) is 8.80 Å². The van der Waals surface area contributed by atoms with Gasteiger partial charge >= 0.3 is 10.2 Å². The molecule has 29 heavy (non-hydrogen) atoms. The molecule has 0 unspecified atom stereocenters. The highest BCUT2D eigenvalue weighted by Crippen LogP contribution is 2.28. The molecule has 0 aliphatic carbocycles. The van der Waals surface area contributed by atoms with Crippen LogP contribution in [0.3, 0.4) is 0 Å². The van der Waals surface area contributed by atoms with Crippen LogP contribution in [0, 0.1) is 11.3 Å². The molecule has 0 bridgehead atoms. The van der Waals surface area contributed by atoms with Gasteiger partial charge in [-0.2, -0.15) is 13.7 Å². The smallest absolute Gasteiger partial charge is 0.367 e. The number of rotatable bonds is 5. The van der Waals surface area contributed by atoms with E-state index in [1.165, 1.54) is 12.1 Å². The number of nitrogens with one attached hydrogen (secondary N) is 2. The molecule has 3 rings (SSSR count). The second kappa shape index (κ2) is 7.97. The lowest BCUT2D eigenvalue weighted by molar-refractivity contribution is 0.439. The average Bonchev–Trinajstić information content (AvgIpc) is 3.26. The van der Waals surface area contributed by atoms with Crippen LogP contribution < -0.4 is 10.6 Å². The maximum absolute atomic E-state index is 12.0. The molecule has 0 saturated carbocycles. The minimum Gasteiger partial charge on any atom is -0.504 e. The zero-order valence-electron chi connectivity index (χ0n) is 16.2. The zero-order valence-corrected chi connectivity index (χ0v) is 17.0. The molecule has 1 atom stereocenters. The van der Waals surface area contributed by atoms with Gasteiger partial charge < -0.3 is 20.2 Å². The number of anilines is 1. The van der Waals surface area contributed by atoms with Gasteiger partial charge in [0.1, 0.15) is 11.8 Å². The molecule has 0 fully saturated rings. The summed E-state index contributed by atoms with van der Waals surface area (Å²) >= 11 is 0. The standard InChI is InChI=1S/C19H21N5O4S/c1-4-14(16-8-13(10-28-16)11(2)3)21-18-19(24-29(26,27)23-18)22-15-7-5-6-12(9-20)17(15)25/h5-8,10-11,14,25H,4H2,1-3H3,(H,21,23)(H,22,24)/t14-/m1/s1. The number of para-hydroxylation sites is 1. The summed E-state index contributed by atoms with van der Waals surface area (Å²) in [6.07, 6.45) is 2.28. The number of phenolic OH excluding ortho intramolecular Hbond substituents is 1. The van der Waals surface area contributed by atoms with Crippen molar-refractivity contribution in [2.75, 3.05) is 5.32 Å². The fourth-order valence-corrected chi connectivity index (χ4v) is 3.54. The number of furan rings is 1. The first-order valence-electron chi connectivity index (χ1n) is 9.03. The molecule has 152 valence electrons. The number of amidine groups is 2. The van der Waals surface area contributed by atoms with Crippen LogP contribution in [-0.2, 0) is 10.2 Å². The average molecular weight is 415 g/mol. The van der Waals surface area contributed by atoms with Crippen molar-refractivity contribution in [3.8, 4) is 11.8 Å². The molecule has 0 radical (unpaired) electrons. The van der Waals surface area contributed by atoms with E-state index in [0.29, 0.717) is 18.1 Å². The van der Waals surface area contributed by atoms with E-state index in [1.54, 1.807) is 12.3 Å². The van der Waals surface area contributed by atoms with Gasteiger partial charge in [-0.3, -0.25) is 0 Å². The molecule has 3 N–H and O–H groups in total. The van der Waals surface area contributed by atoms with Gasteiger partial charge in [-0.15, -0.1) is 8.80 Å². The van der Waals surface area contributed by atoms with Crippen molar-refractivity contribution in [1.29, 1.82) is 5.26 Å². The number of hydrogen-bond acceptors (Lipinski definition) is 7. The van der Waals surface area contributed by atoms with Crippen molar-refractivity contribution >= 4 is 27.6 Å². The van der Waals surface area contributed by atoms with E-state index in [4.69, 9.17) is 9.68 Å². The Kier molecular flexibility index (Phi) is 5.61. The third-order valence-corrected chi connectivity index (χ3v) is 5.24. The van der Waals surface area contributed by atoms with Crippen molar-refractivity contribution in [3.63, 3.8) is 0 Å². The third kappa shape index (κ3) is 4.41.